The van der Waals surface area contributed by atoms with Gasteiger partial charge in [-0.1, -0.05) is 141 Å². The maximum atomic E-state index is 5.25. The molecule has 0 spiro atoms. The SMILES string of the molecule is CC1(C)c2ccccc2-c2ccc(-c3ccc(-c4nc5c(-c6nc(-c7ccccc7)nc(-c7cccc8c7sc7ccccc78)n6)cccc5s4)cc3)cc21. The molecule has 260 valence electrons. The summed E-state index contributed by atoms with van der Waals surface area (Å²) >= 11 is 3.48. The number of benzene rings is 7. The lowest BCUT2D eigenvalue weighted by molar-refractivity contribution is 0.660. The van der Waals surface area contributed by atoms with E-state index in [1.807, 2.05) is 18.2 Å². The normalized spacial score (nSPS) is 13.1. The van der Waals surface area contributed by atoms with Crippen molar-refractivity contribution in [3.63, 3.8) is 0 Å². The molecule has 1 aliphatic carbocycles. The van der Waals surface area contributed by atoms with Gasteiger partial charge in [-0.25, -0.2) is 19.9 Å². The summed E-state index contributed by atoms with van der Waals surface area (Å²) in [7, 11) is 0. The van der Waals surface area contributed by atoms with Gasteiger partial charge < -0.3 is 0 Å². The van der Waals surface area contributed by atoms with Gasteiger partial charge in [0, 0.05) is 47.8 Å². The van der Waals surface area contributed by atoms with E-state index in [0.29, 0.717) is 17.5 Å². The first-order chi connectivity index (χ1) is 27.0. The van der Waals surface area contributed by atoms with Crippen LogP contribution in [0.15, 0.2) is 158 Å². The summed E-state index contributed by atoms with van der Waals surface area (Å²) in [5.74, 6) is 1.91. The van der Waals surface area contributed by atoms with E-state index in [2.05, 4.69) is 153 Å². The number of fused-ring (bicyclic) bond motifs is 7. The second kappa shape index (κ2) is 12.4. The fourth-order valence-electron chi connectivity index (χ4n) is 8.20. The number of hydrogen-bond donors (Lipinski definition) is 0. The highest BCUT2D eigenvalue weighted by molar-refractivity contribution is 7.26. The van der Waals surface area contributed by atoms with Gasteiger partial charge in [-0.05, 0) is 63.7 Å². The number of thiophene rings is 1. The van der Waals surface area contributed by atoms with Crippen LogP contribution in [0.25, 0.3) is 97.4 Å². The third kappa shape index (κ3) is 5.17. The number of rotatable bonds is 5. The Hall–Kier alpha value is -6.34. The van der Waals surface area contributed by atoms with Gasteiger partial charge in [0.25, 0.3) is 0 Å². The van der Waals surface area contributed by atoms with Crippen LogP contribution in [0.5, 0.6) is 0 Å². The van der Waals surface area contributed by atoms with Gasteiger partial charge in [-0.2, -0.15) is 0 Å². The van der Waals surface area contributed by atoms with E-state index in [-0.39, 0.29) is 5.41 Å². The molecular weight excluding hydrogens is 709 g/mol. The highest BCUT2D eigenvalue weighted by atomic mass is 32.1. The van der Waals surface area contributed by atoms with Crippen LogP contribution >= 0.6 is 22.7 Å². The molecule has 0 bridgehead atoms. The molecule has 1 aliphatic rings. The van der Waals surface area contributed by atoms with Gasteiger partial charge in [0.1, 0.15) is 5.01 Å². The molecule has 0 saturated heterocycles. The van der Waals surface area contributed by atoms with Gasteiger partial charge in [0.05, 0.1) is 10.2 Å². The second-order valence-corrected chi connectivity index (χ2v) is 16.7. The van der Waals surface area contributed by atoms with Crippen molar-refractivity contribution in [2.75, 3.05) is 0 Å². The fraction of sp³-hybridized carbons (Fsp3) is 0.0612. The van der Waals surface area contributed by atoms with Crippen molar-refractivity contribution in [2.24, 2.45) is 0 Å². The Morgan fingerprint density at radius 3 is 1.89 bits per heavy atom. The van der Waals surface area contributed by atoms with E-state index in [1.165, 1.54) is 53.6 Å². The molecule has 6 heteroatoms. The third-order valence-corrected chi connectivity index (χ3v) is 13.3. The quantitative estimate of drug-likeness (QED) is 0.176. The molecule has 10 aromatic rings. The van der Waals surface area contributed by atoms with Crippen LogP contribution in [0.3, 0.4) is 0 Å². The zero-order chi connectivity index (χ0) is 36.7. The number of thiazole rings is 1. The molecule has 0 N–H and O–H groups in total. The van der Waals surface area contributed by atoms with Gasteiger partial charge >= 0.3 is 0 Å². The number of hydrogen-bond acceptors (Lipinski definition) is 6. The van der Waals surface area contributed by atoms with E-state index in [4.69, 9.17) is 19.9 Å². The van der Waals surface area contributed by atoms with Crippen molar-refractivity contribution in [1.29, 1.82) is 0 Å². The molecule has 0 atom stereocenters. The molecular formula is C49H32N4S2. The molecule has 55 heavy (non-hydrogen) atoms. The van der Waals surface area contributed by atoms with Crippen LogP contribution in [0.2, 0.25) is 0 Å². The first-order valence-electron chi connectivity index (χ1n) is 18.5. The molecule has 0 saturated carbocycles. The molecule has 0 radical (unpaired) electrons. The number of nitrogens with zero attached hydrogens (tertiary/aromatic N) is 4. The largest absolute Gasteiger partial charge is 0.235 e. The van der Waals surface area contributed by atoms with Crippen LogP contribution in [0.4, 0.5) is 0 Å². The van der Waals surface area contributed by atoms with Crippen LogP contribution in [0, 0.1) is 0 Å². The van der Waals surface area contributed by atoms with Crippen molar-refractivity contribution < 1.29 is 0 Å². The van der Waals surface area contributed by atoms with Gasteiger partial charge in [0.2, 0.25) is 0 Å². The summed E-state index contributed by atoms with van der Waals surface area (Å²) < 4.78 is 3.51. The van der Waals surface area contributed by atoms with Crippen molar-refractivity contribution in [2.45, 2.75) is 19.3 Å². The highest BCUT2D eigenvalue weighted by Gasteiger charge is 2.35. The lowest BCUT2D eigenvalue weighted by Crippen LogP contribution is -2.14. The van der Waals surface area contributed by atoms with E-state index in [0.717, 1.165) is 37.5 Å². The molecule has 3 aromatic heterocycles. The van der Waals surface area contributed by atoms with E-state index in [9.17, 15) is 0 Å². The summed E-state index contributed by atoms with van der Waals surface area (Å²) in [6.07, 6.45) is 0. The fourth-order valence-corrected chi connectivity index (χ4v) is 10.4. The smallest absolute Gasteiger partial charge is 0.166 e. The second-order valence-electron chi connectivity index (χ2n) is 14.6. The van der Waals surface area contributed by atoms with E-state index >= 15 is 0 Å². The number of para-hydroxylation sites is 1. The summed E-state index contributed by atoms with van der Waals surface area (Å²) in [5.41, 5.74) is 12.7. The Kier molecular flexibility index (Phi) is 7.21. The van der Waals surface area contributed by atoms with Crippen LogP contribution in [-0.4, -0.2) is 19.9 Å². The van der Waals surface area contributed by atoms with Crippen LogP contribution in [-0.2, 0) is 5.41 Å². The van der Waals surface area contributed by atoms with Crippen molar-refractivity contribution in [1.82, 2.24) is 19.9 Å². The van der Waals surface area contributed by atoms with Crippen LogP contribution < -0.4 is 0 Å². The predicted octanol–water partition coefficient (Wildman–Crippen LogP) is 13.5. The Morgan fingerprint density at radius 1 is 0.400 bits per heavy atom. The molecule has 7 aromatic carbocycles. The predicted molar refractivity (Wildman–Crippen MR) is 231 cm³/mol. The van der Waals surface area contributed by atoms with Gasteiger partial charge in [-0.3, -0.25) is 0 Å². The van der Waals surface area contributed by atoms with Crippen molar-refractivity contribution in [3.8, 4) is 67.0 Å². The average Bonchev–Trinajstić information content (AvgIpc) is 3.92. The summed E-state index contributed by atoms with van der Waals surface area (Å²) in [4.78, 5) is 20.6. The summed E-state index contributed by atoms with van der Waals surface area (Å²) in [5, 5.41) is 3.42. The minimum atomic E-state index is -0.0340. The monoisotopic (exact) mass is 740 g/mol. The van der Waals surface area contributed by atoms with Crippen molar-refractivity contribution in [3.05, 3.63) is 169 Å². The summed E-state index contributed by atoms with van der Waals surface area (Å²) in [6.45, 7) is 4.66. The Bertz CT molecular complexity index is 3120. The zero-order valence-electron chi connectivity index (χ0n) is 30.1. The lowest BCUT2D eigenvalue weighted by Gasteiger charge is -2.22. The Labute approximate surface area is 326 Å². The van der Waals surface area contributed by atoms with E-state index in [1.54, 1.807) is 22.7 Å². The maximum Gasteiger partial charge on any atom is 0.166 e. The molecule has 3 heterocycles. The third-order valence-electron chi connectivity index (χ3n) is 11.0. The molecule has 0 fully saturated rings. The summed E-state index contributed by atoms with van der Waals surface area (Å²) in [6, 6.07) is 56.0. The van der Waals surface area contributed by atoms with Crippen LogP contribution in [0.1, 0.15) is 25.0 Å². The average molecular weight is 741 g/mol. The first-order valence-corrected chi connectivity index (χ1v) is 20.1. The maximum absolute atomic E-state index is 5.25. The zero-order valence-corrected chi connectivity index (χ0v) is 31.7. The Morgan fingerprint density at radius 2 is 1.02 bits per heavy atom. The minimum Gasteiger partial charge on any atom is -0.235 e. The lowest BCUT2D eigenvalue weighted by atomic mass is 9.81. The molecule has 4 nitrogen and oxygen atoms in total. The Balaban J connectivity index is 0.992. The number of aromatic nitrogens is 4. The molecule has 11 rings (SSSR count). The van der Waals surface area contributed by atoms with Gasteiger partial charge in [0.15, 0.2) is 17.5 Å². The molecule has 0 unspecified atom stereocenters. The van der Waals surface area contributed by atoms with Gasteiger partial charge in [-0.15, -0.1) is 22.7 Å². The highest BCUT2D eigenvalue weighted by Crippen LogP contribution is 2.49. The van der Waals surface area contributed by atoms with E-state index < -0.39 is 0 Å². The topological polar surface area (TPSA) is 51.6 Å². The standard InChI is InChI=1S/C49H32N4S2/c1-49(2)39-19-8-6-14-33(39)34-27-26-32(28-40(34)49)29-22-24-31(25-23-29)48-50-43-37(17-11-21-42(43)55-48)46-51-45(30-12-4-3-5-13-30)52-47(53-46)38-18-10-16-36-35-15-7-9-20-41(35)54-44(36)38/h3-28H,1-2H3. The minimum absolute atomic E-state index is 0.0340. The first kappa shape index (κ1) is 32.1. The van der Waals surface area contributed by atoms with Crippen molar-refractivity contribution >= 4 is 53.1 Å². The molecule has 0 amide bonds. The molecule has 0 aliphatic heterocycles.